The third-order valence-corrected chi connectivity index (χ3v) is 3.46. The SMILES string of the molecule is CCCC(CCO)CNC(=O)Nc1ncc(C)s1. The second-order valence-corrected chi connectivity index (χ2v) is 5.51. The van der Waals surface area contributed by atoms with Gasteiger partial charge in [0.25, 0.3) is 0 Å². The van der Waals surface area contributed by atoms with Crippen LogP contribution in [0.4, 0.5) is 9.93 Å². The molecule has 1 aromatic rings. The summed E-state index contributed by atoms with van der Waals surface area (Å²) in [6, 6.07) is -0.233. The summed E-state index contributed by atoms with van der Waals surface area (Å²) >= 11 is 1.45. The van der Waals surface area contributed by atoms with Crippen molar-refractivity contribution in [2.45, 2.75) is 33.1 Å². The summed E-state index contributed by atoms with van der Waals surface area (Å²) in [6.07, 6.45) is 4.52. The Balaban J connectivity index is 2.30. The lowest BCUT2D eigenvalue weighted by Gasteiger charge is -2.15. The first-order chi connectivity index (χ1) is 8.65. The molecule has 0 fully saturated rings. The molecule has 1 heterocycles. The zero-order valence-electron chi connectivity index (χ0n) is 10.9. The zero-order valence-corrected chi connectivity index (χ0v) is 11.7. The molecule has 2 amide bonds. The second-order valence-electron chi connectivity index (χ2n) is 4.28. The number of hydrogen-bond acceptors (Lipinski definition) is 4. The summed E-state index contributed by atoms with van der Waals surface area (Å²) < 4.78 is 0. The van der Waals surface area contributed by atoms with E-state index in [1.807, 2.05) is 6.92 Å². The molecular formula is C12H21N3O2S. The minimum atomic E-state index is -0.233. The van der Waals surface area contributed by atoms with Gasteiger partial charge in [-0.05, 0) is 25.7 Å². The lowest BCUT2D eigenvalue weighted by molar-refractivity contribution is 0.236. The zero-order chi connectivity index (χ0) is 13.4. The molecule has 1 atom stereocenters. The van der Waals surface area contributed by atoms with Gasteiger partial charge in [-0.25, -0.2) is 9.78 Å². The van der Waals surface area contributed by atoms with Gasteiger partial charge in [-0.1, -0.05) is 13.3 Å². The van der Waals surface area contributed by atoms with Gasteiger partial charge in [0.1, 0.15) is 0 Å². The Hall–Kier alpha value is -1.14. The van der Waals surface area contributed by atoms with Crippen molar-refractivity contribution in [2.24, 2.45) is 5.92 Å². The summed E-state index contributed by atoms with van der Waals surface area (Å²) in [5.74, 6) is 0.337. The van der Waals surface area contributed by atoms with Gasteiger partial charge in [-0.15, -0.1) is 11.3 Å². The molecule has 0 aromatic carbocycles. The van der Waals surface area contributed by atoms with Crippen LogP contribution in [0.3, 0.4) is 0 Å². The Kier molecular flexibility index (Phi) is 6.67. The summed E-state index contributed by atoms with van der Waals surface area (Å²) in [7, 11) is 0. The minimum absolute atomic E-state index is 0.166. The highest BCUT2D eigenvalue weighted by atomic mass is 32.1. The molecule has 3 N–H and O–H groups in total. The number of aromatic nitrogens is 1. The van der Waals surface area contributed by atoms with Gasteiger partial charge in [-0.3, -0.25) is 5.32 Å². The van der Waals surface area contributed by atoms with Crippen LogP contribution in [0.25, 0.3) is 0 Å². The van der Waals surface area contributed by atoms with Gasteiger partial charge in [0.05, 0.1) is 0 Å². The number of aliphatic hydroxyl groups is 1. The average Bonchev–Trinajstić information content (AvgIpc) is 2.72. The standard InChI is InChI=1S/C12H21N3O2S/c1-3-4-10(5-6-16)8-13-11(17)15-12-14-7-9(2)18-12/h7,10,16H,3-6,8H2,1-2H3,(H2,13,14,15,17). The van der Waals surface area contributed by atoms with E-state index in [0.717, 1.165) is 24.1 Å². The van der Waals surface area contributed by atoms with E-state index in [1.54, 1.807) is 6.20 Å². The number of urea groups is 1. The van der Waals surface area contributed by atoms with Crippen molar-refractivity contribution in [3.05, 3.63) is 11.1 Å². The van der Waals surface area contributed by atoms with E-state index >= 15 is 0 Å². The van der Waals surface area contributed by atoms with E-state index in [-0.39, 0.29) is 12.6 Å². The van der Waals surface area contributed by atoms with Crippen LogP contribution in [-0.2, 0) is 0 Å². The van der Waals surface area contributed by atoms with Crippen LogP contribution in [0, 0.1) is 12.8 Å². The first-order valence-electron chi connectivity index (χ1n) is 6.23. The van der Waals surface area contributed by atoms with Crippen molar-refractivity contribution >= 4 is 22.5 Å². The maximum absolute atomic E-state index is 11.6. The van der Waals surface area contributed by atoms with Crippen molar-refractivity contribution in [1.82, 2.24) is 10.3 Å². The average molecular weight is 271 g/mol. The van der Waals surface area contributed by atoms with Gasteiger partial charge in [0, 0.05) is 24.2 Å². The topological polar surface area (TPSA) is 74.2 Å². The highest BCUT2D eigenvalue weighted by Crippen LogP contribution is 2.16. The van der Waals surface area contributed by atoms with Gasteiger partial charge < -0.3 is 10.4 Å². The molecule has 1 unspecified atom stereocenters. The van der Waals surface area contributed by atoms with E-state index in [9.17, 15) is 4.79 Å². The van der Waals surface area contributed by atoms with Crippen LogP contribution in [0.1, 0.15) is 31.1 Å². The summed E-state index contributed by atoms with van der Waals surface area (Å²) in [6.45, 7) is 4.80. The number of rotatable bonds is 7. The molecule has 0 aliphatic carbocycles. The predicted octanol–water partition coefficient (Wildman–Crippen LogP) is 2.37. The number of aryl methyl sites for hydroxylation is 1. The van der Waals surface area contributed by atoms with E-state index in [1.165, 1.54) is 11.3 Å². The first kappa shape index (κ1) is 14.9. The Morgan fingerprint density at radius 2 is 2.33 bits per heavy atom. The number of amides is 2. The van der Waals surface area contributed by atoms with Gasteiger partial charge in [-0.2, -0.15) is 0 Å². The minimum Gasteiger partial charge on any atom is -0.396 e. The van der Waals surface area contributed by atoms with Crippen LogP contribution in [0.15, 0.2) is 6.20 Å². The molecule has 1 rings (SSSR count). The van der Waals surface area contributed by atoms with Crippen LogP contribution >= 0.6 is 11.3 Å². The number of carbonyl (C=O) groups is 1. The van der Waals surface area contributed by atoms with E-state index in [4.69, 9.17) is 5.11 Å². The number of anilines is 1. The lowest BCUT2D eigenvalue weighted by Crippen LogP contribution is -2.33. The van der Waals surface area contributed by atoms with Gasteiger partial charge in [0.2, 0.25) is 0 Å². The molecule has 18 heavy (non-hydrogen) atoms. The Morgan fingerprint density at radius 1 is 1.56 bits per heavy atom. The number of nitrogens with one attached hydrogen (secondary N) is 2. The molecule has 0 aliphatic rings. The van der Waals surface area contributed by atoms with Gasteiger partial charge in [0.15, 0.2) is 5.13 Å². The van der Waals surface area contributed by atoms with Crippen molar-refractivity contribution < 1.29 is 9.90 Å². The predicted molar refractivity (Wildman–Crippen MR) is 74.0 cm³/mol. The van der Waals surface area contributed by atoms with Crippen LogP contribution in [0.5, 0.6) is 0 Å². The maximum Gasteiger partial charge on any atom is 0.321 e. The molecule has 1 aromatic heterocycles. The van der Waals surface area contributed by atoms with Crippen LogP contribution < -0.4 is 10.6 Å². The van der Waals surface area contributed by atoms with E-state index < -0.39 is 0 Å². The van der Waals surface area contributed by atoms with E-state index in [0.29, 0.717) is 17.6 Å². The van der Waals surface area contributed by atoms with Crippen molar-refractivity contribution in [2.75, 3.05) is 18.5 Å². The Morgan fingerprint density at radius 3 is 2.89 bits per heavy atom. The molecule has 102 valence electrons. The molecular weight excluding hydrogens is 250 g/mol. The summed E-state index contributed by atoms with van der Waals surface area (Å²) in [5.41, 5.74) is 0. The van der Waals surface area contributed by atoms with Crippen molar-refractivity contribution in [3.8, 4) is 0 Å². The van der Waals surface area contributed by atoms with Crippen LogP contribution in [-0.4, -0.2) is 29.3 Å². The maximum atomic E-state index is 11.6. The number of carbonyl (C=O) groups excluding carboxylic acids is 1. The summed E-state index contributed by atoms with van der Waals surface area (Å²) in [4.78, 5) is 16.7. The van der Waals surface area contributed by atoms with Crippen LogP contribution in [0.2, 0.25) is 0 Å². The largest absolute Gasteiger partial charge is 0.396 e. The van der Waals surface area contributed by atoms with Crippen molar-refractivity contribution in [1.29, 1.82) is 0 Å². The fourth-order valence-corrected chi connectivity index (χ4v) is 2.39. The Bertz CT molecular complexity index is 362. The smallest absolute Gasteiger partial charge is 0.321 e. The molecule has 5 nitrogen and oxygen atoms in total. The normalized spacial score (nSPS) is 12.2. The molecule has 6 heteroatoms. The number of nitrogens with zero attached hydrogens (tertiary/aromatic N) is 1. The number of aliphatic hydroxyl groups excluding tert-OH is 1. The van der Waals surface area contributed by atoms with Crippen molar-refractivity contribution in [3.63, 3.8) is 0 Å². The third kappa shape index (κ3) is 5.46. The quantitative estimate of drug-likeness (QED) is 0.712. The Labute approximate surface area is 112 Å². The molecule has 0 saturated heterocycles. The number of hydrogen-bond donors (Lipinski definition) is 3. The molecule has 0 spiro atoms. The summed E-state index contributed by atoms with van der Waals surface area (Å²) in [5, 5.41) is 15.1. The van der Waals surface area contributed by atoms with Gasteiger partial charge >= 0.3 is 6.03 Å². The lowest BCUT2D eigenvalue weighted by atomic mass is 10.0. The third-order valence-electron chi connectivity index (χ3n) is 2.63. The monoisotopic (exact) mass is 271 g/mol. The molecule has 0 saturated carbocycles. The highest BCUT2D eigenvalue weighted by Gasteiger charge is 2.10. The fraction of sp³-hybridized carbons (Fsp3) is 0.667. The number of thiazole rings is 1. The highest BCUT2D eigenvalue weighted by molar-refractivity contribution is 7.15. The van der Waals surface area contributed by atoms with E-state index in [2.05, 4.69) is 22.5 Å². The molecule has 0 bridgehead atoms. The molecule has 0 aliphatic heterocycles. The fourth-order valence-electron chi connectivity index (χ4n) is 1.73. The second kappa shape index (κ2) is 8.05. The molecule has 0 radical (unpaired) electrons. The first-order valence-corrected chi connectivity index (χ1v) is 7.05.